The van der Waals surface area contributed by atoms with Crippen LogP contribution in [0.3, 0.4) is 0 Å². The predicted molar refractivity (Wildman–Crippen MR) is 68.1 cm³/mol. The van der Waals surface area contributed by atoms with Gasteiger partial charge in [0.25, 0.3) is 0 Å². The Morgan fingerprint density at radius 2 is 1.21 bits per heavy atom. The van der Waals surface area contributed by atoms with Crippen molar-refractivity contribution in [2.75, 3.05) is 0 Å². The van der Waals surface area contributed by atoms with Crippen molar-refractivity contribution in [2.24, 2.45) is 0 Å². The van der Waals surface area contributed by atoms with Gasteiger partial charge in [-0.3, -0.25) is 0 Å². The zero-order chi connectivity index (χ0) is 11.6. The molecule has 0 unspecified atom stereocenters. The second-order valence-corrected chi connectivity index (χ2v) is 21.3. The van der Waals surface area contributed by atoms with Crippen LogP contribution in [0, 0.1) is 0 Å². The molecule has 0 fully saturated rings. The molecule has 0 aliphatic heterocycles. The molecule has 0 saturated carbocycles. The summed E-state index contributed by atoms with van der Waals surface area (Å²) in [6, 6.07) is 0. The Morgan fingerprint density at radius 3 is 1.36 bits per heavy atom. The maximum atomic E-state index is 12.3. The molecule has 7 heteroatoms. The van der Waals surface area contributed by atoms with Crippen LogP contribution < -0.4 is 0 Å². The van der Waals surface area contributed by atoms with Crippen LogP contribution in [0.4, 0.5) is 0 Å². The van der Waals surface area contributed by atoms with Gasteiger partial charge in [-0.1, -0.05) is 0 Å². The second kappa shape index (κ2) is 4.96. The van der Waals surface area contributed by atoms with E-state index in [1.165, 1.54) is 0 Å². The third-order valence-electron chi connectivity index (χ3n) is 0.995. The molecule has 0 aromatic heterocycles. The van der Waals surface area contributed by atoms with E-state index in [1.807, 2.05) is 45.1 Å². The maximum absolute atomic E-state index is 12.3. The van der Waals surface area contributed by atoms with Crippen LogP contribution in [0.1, 0.15) is 0 Å². The average molecular weight is 319 g/mol. The Kier molecular flexibility index (Phi) is 5.35. The first-order chi connectivity index (χ1) is 5.97. The fraction of sp³-hybridized carbons (Fsp3) is 1.00. The van der Waals surface area contributed by atoms with Crippen molar-refractivity contribution in [2.45, 2.75) is 45.1 Å². The van der Waals surface area contributed by atoms with Crippen LogP contribution in [0.2, 0.25) is 45.1 Å². The van der Waals surface area contributed by atoms with Gasteiger partial charge < -0.3 is 0 Å². The first-order valence-electron chi connectivity index (χ1n) is 4.55. The molecule has 0 saturated heterocycles. The molecule has 0 radical (unpaired) electrons. The Bertz CT molecular complexity index is 214. The van der Waals surface area contributed by atoms with E-state index in [9.17, 15) is 4.57 Å². The molecule has 0 aromatic rings. The van der Waals surface area contributed by atoms with Crippen molar-refractivity contribution < 1.29 is 13.0 Å². The van der Waals surface area contributed by atoms with Crippen molar-refractivity contribution in [3.05, 3.63) is 0 Å². The summed E-state index contributed by atoms with van der Waals surface area (Å²) in [6.07, 6.45) is -2.76. The second-order valence-electron chi connectivity index (χ2n) is 5.04. The Hall–Kier alpha value is 1.10. The summed E-state index contributed by atoms with van der Waals surface area (Å²) >= 11 is -0.0758. The fourth-order valence-electron chi connectivity index (χ4n) is 0.764. The summed E-state index contributed by atoms with van der Waals surface area (Å²) in [5, 5.41) is 0. The molecule has 0 amide bonds. The summed E-state index contributed by atoms with van der Waals surface area (Å²) < 4.78 is 23.6. The predicted octanol–water partition coefficient (Wildman–Crippen LogP) is 3.55. The van der Waals surface area contributed by atoms with Gasteiger partial charge in [0.1, 0.15) is 0 Å². The topological polar surface area (TPSA) is 35.5 Å². The molecule has 0 N–H and O–H groups in total. The SMILES string of the molecule is C[Se]P(=O)(O[Si](C)(C)C)O[Si](C)(C)C. The van der Waals surface area contributed by atoms with E-state index in [4.69, 9.17) is 8.43 Å². The minimum absolute atomic E-state index is 0.0758. The van der Waals surface area contributed by atoms with Crippen molar-refractivity contribution in [3.63, 3.8) is 0 Å². The van der Waals surface area contributed by atoms with Gasteiger partial charge in [0.2, 0.25) is 0 Å². The molecule has 14 heavy (non-hydrogen) atoms. The van der Waals surface area contributed by atoms with Crippen LogP contribution in [0.15, 0.2) is 0 Å². The molecule has 0 heterocycles. The van der Waals surface area contributed by atoms with E-state index < -0.39 is 22.9 Å². The standard InChI is InChI=1S/C7H21O3PSeSi2/c1-12-11(8,9-13(2,3)4)10-14(5,6)7/h1-7H3. The zero-order valence-corrected chi connectivity index (χ0v) is 14.7. The third-order valence-corrected chi connectivity index (χ3v) is 13.2. The average Bonchev–Trinajstić information content (AvgIpc) is 1.78. The number of hydrogen-bond donors (Lipinski definition) is 0. The molecule has 0 bridgehead atoms. The monoisotopic (exact) mass is 320 g/mol. The quantitative estimate of drug-likeness (QED) is 0.574. The third kappa shape index (κ3) is 7.40. The minimum atomic E-state index is -2.76. The first kappa shape index (κ1) is 15.1. The van der Waals surface area contributed by atoms with Gasteiger partial charge in [-0.25, -0.2) is 0 Å². The molecular weight excluding hydrogens is 298 g/mol. The summed E-state index contributed by atoms with van der Waals surface area (Å²) in [6.45, 7) is 12.2. The van der Waals surface area contributed by atoms with E-state index in [-0.39, 0.29) is 14.5 Å². The van der Waals surface area contributed by atoms with E-state index in [0.717, 1.165) is 0 Å². The van der Waals surface area contributed by atoms with Gasteiger partial charge in [-0.15, -0.1) is 0 Å². The fourth-order valence-corrected chi connectivity index (χ4v) is 18.5. The van der Waals surface area contributed by atoms with Gasteiger partial charge in [0.15, 0.2) is 0 Å². The zero-order valence-electron chi connectivity index (χ0n) is 10.1. The van der Waals surface area contributed by atoms with Crippen LogP contribution in [-0.4, -0.2) is 31.1 Å². The molecule has 0 aliphatic carbocycles. The van der Waals surface area contributed by atoms with Crippen LogP contribution in [-0.2, 0) is 13.0 Å². The van der Waals surface area contributed by atoms with E-state index in [2.05, 4.69) is 0 Å². The van der Waals surface area contributed by atoms with Gasteiger partial charge in [-0.2, -0.15) is 0 Å². The molecule has 0 rings (SSSR count). The molecule has 0 aliphatic rings. The molecular formula is C7H21O3PSeSi2. The van der Waals surface area contributed by atoms with Crippen molar-refractivity contribution in [3.8, 4) is 0 Å². The van der Waals surface area contributed by atoms with E-state index in [1.54, 1.807) is 0 Å². The molecule has 86 valence electrons. The van der Waals surface area contributed by atoms with Crippen LogP contribution in [0.25, 0.3) is 0 Å². The summed E-state index contributed by atoms with van der Waals surface area (Å²) in [7, 11) is -3.53. The van der Waals surface area contributed by atoms with Gasteiger partial charge in [-0.05, 0) is 0 Å². The van der Waals surface area contributed by atoms with Crippen molar-refractivity contribution in [1.82, 2.24) is 0 Å². The van der Waals surface area contributed by atoms with Gasteiger partial charge >= 0.3 is 95.5 Å². The normalized spacial score (nSPS) is 14.5. The van der Waals surface area contributed by atoms with Crippen LogP contribution in [0.5, 0.6) is 0 Å². The van der Waals surface area contributed by atoms with E-state index >= 15 is 0 Å². The molecule has 0 spiro atoms. The van der Waals surface area contributed by atoms with Gasteiger partial charge in [0.05, 0.1) is 0 Å². The number of rotatable bonds is 5. The van der Waals surface area contributed by atoms with Crippen molar-refractivity contribution >= 4 is 37.4 Å². The number of hydrogen-bond acceptors (Lipinski definition) is 3. The van der Waals surface area contributed by atoms with Crippen molar-refractivity contribution in [1.29, 1.82) is 0 Å². The first-order valence-corrected chi connectivity index (χ1v) is 16.8. The Balaban J connectivity index is 4.59. The summed E-state index contributed by atoms with van der Waals surface area (Å²) in [5.74, 6) is 1.92. The van der Waals surface area contributed by atoms with Crippen LogP contribution >= 0.6 is 6.29 Å². The van der Waals surface area contributed by atoms with Gasteiger partial charge in [0, 0.05) is 0 Å². The summed E-state index contributed by atoms with van der Waals surface area (Å²) in [4.78, 5) is 0. The molecule has 0 aromatic carbocycles. The molecule has 3 nitrogen and oxygen atoms in total. The Morgan fingerprint density at radius 1 is 0.929 bits per heavy atom. The van der Waals surface area contributed by atoms with E-state index in [0.29, 0.717) is 0 Å². The Labute approximate surface area is 95.5 Å². The molecule has 0 atom stereocenters. The summed E-state index contributed by atoms with van der Waals surface area (Å²) in [5.41, 5.74) is 0.